The predicted octanol–water partition coefficient (Wildman–Crippen LogP) is 5.58. The van der Waals surface area contributed by atoms with Gasteiger partial charge in [-0.3, -0.25) is 4.79 Å². The van der Waals surface area contributed by atoms with Gasteiger partial charge in [0.1, 0.15) is 0 Å². The zero-order valence-electron chi connectivity index (χ0n) is 17.3. The van der Waals surface area contributed by atoms with Crippen LogP contribution in [-0.4, -0.2) is 14.5 Å². The summed E-state index contributed by atoms with van der Waals surface area (Å²) in [5, 5.41) is 0.516. The fraction of sp³-hybridized carbons (Fsp3) is 0.348. The van der Waals surface area contributed by atoms with Gasteiger partial charge in [-0.15, -0.1) is 0 Å². The number of benzene rings is 1. The lowest BCUT2D eigenvalue weighted by atomic mass is 9.99. The van der Waals surface area contributed by atoms with Crippen LogP contribution in [0.1, 0.15) is 37.9 Å². The molecule has 0 N–H and O–H groups in total. The van der Waals surface area contributed by atoms with E-state index < -0.39 is 0 Å². The molecule has 0 aliphatic carbocycles. The van der Waals surface area contributed by atoms with Crippen molar-refractivity contribution >= 4 is 11.6 Å². The van der Waals surface area contributed by atoms with Crippen LogP contribution < -0.4 is 10.3 Å². The highest BCUT2D eigenvalue weighted by Crippen LogP contribution is 2.32. The number of aryl methyl sites for hydroxylation is 2. The summed E-state index contributed by atoms with van der Waals surface area (Å²) in [6.07, 6.45) is 4.85. The first kappa shape index (κ1) is 21.1. The molecule has 0 spiro atoms. The number of nitrogens with zero attached hydrogens (tertiary/aromatic N) is 3. The lowest BCUT2D eigenvalue weighted by molar-refractivity contribution is 0.433. The van der Waals surface area contributed by atoms with Crippen LogP contribution in [-0.2, 0) is 13.5 Å². The molecular weight excluding hydrogens is 386 g/mol. The molecule has 0 aliphatic rings. The lowest BCUT2D eigenvalue weighted by Crippen LogP contribution is -2.14. The zero-order valence-corrected chi connectivity index (χ0v) is 18.0. The molecule has 29 heavy (non-hydrogen) atoms. The number of ether oxygens (including phenoxy) is 1. The van der Waals surface area contributed by atoms with Crippen LogP contribution in [0.4, 0.5) is 0 Å². The number of rotatable bonds is 7. The number of hydrogen-bond donors (Lipinski definition) is 0. The van der Waals surface area contributed by atoms with E-state index in [1.54, 1.807) is 25.4 Å². The molecule has 152 valence electrons. The fourth-order valence-corrected chi connectivity index (χ4v) is 3.57. The van der Waals surface area contributed by atoms with Crippen molar-refractivity contribution in [1.82, 2.24) is 14.5 Å². The van der Waals surface area contributed by atoms with E-state index in [0.717, 1.165) is 36.1 Å². The van der Waals surface area contributed by atoms with Gasteiger partial charge in [0, 0.05) is 30.6 Å². The van der Waals surface area contributed by atoms with Gasteiger partial charge < -0.3 is 9.30 Å². The van der Waals surface area contributed by atoms with Crippen molar-refractivity contribution in [3.63, 3.8) is 0 Å². The highest BCUT2D eigenvalue weighted by molar-refractivity contribution is 6.32. The maximum atomic E-state index is 11.8. The molecule has 3 aromatic rings. The summed E-state index contributed by atoms with van der Waals surface area (Å²) >= 11 is 6.32. The molecule has 2 aromatic heterocycles. The van der Waals surface area contributed by atoms with Crippen molar-refractivity contribution in [2.45, 2.75) is 40.0 Å². The summed E-state index contributed by atoms with van der Waals surface area (Å²) in [6.45, 7) is 6.33. The Kier molecular flexibility index (Phi) is 6.70. The molecule has 0 saturated heterocycles. The third kappa shape index (κ3) is 5.24. The van der Waals surface area contributed by atoms with Crippen LogP contribution >= 0.6 is 11.6 Å². The molecule has 6 heteroatoms. The molecular formula is C23H26ClN3O2. The van der Waals surface area contributed by atoms with E-state index in [1.165, 1.54) is 10.6 Å². The molecule has 0 bridgehead atoms. The lowest BCUT2D eigenvalue weighted by Gasteiger charge is -2.14. The van der Waals surface area contributed by atoms with Gasteiger partial charge in [0.05, 0.1) is 10.7 Å². The van der Waals surface area contributed by atoms with Gasteiger partial charge in [-0.25, -0.2) is 0 Å². The maximum absolute atomic E-state index is 11.8. The van der Waals surface area contributed by atoms with E-state index >= 15 is 0 Å². The number of aromatic nitrogens is 3. The number of halogens is 1. The molecule has 0 saturated carbocycles. The van der Waals surface area contributed by atoms with Gasteiger partial charge >= 0.3 is 6.01 Å². The Balaban J connectivity index is 2.04. The van der Waals surface area contributed by atoms with Crippen LogP contribution in [0.15, 0.2) is 47.4 Å². The van der Waals surface area contributed by atoms with Crippen molar-refractivity contribution in [2.24, 2.45) is 13.0 Å². The first-order chi connectivity index (χ1) is 13.9. The first-order valence-corrected chi connectivity index (χ1v) is 10.2. The molecule has 2 heterocycles. The highest BCUT2D eigenvalue weighted by atomic mass is 35.5. The average molecular weight is 412 g/mol. The Labute approximate surface area is 176 Å². The number of hydrogen-bond acceptors (Lipinski definition) is 4. The van der Waals surface area contributed by atoms with E-state index in [2.05, 4.69) is 23.8 Å². The van der Waals surface area contributed by atoms with E-state index in [9.17, 15) is 4.79 Å². The molecule has 0 radical (unpaired) electrons. The summed E-state index contributed by atoms with van der Waals surface area (Å²) in [5.41, 5.74) is 3.30. The fourth-order valence-electron chi connectivity index (χ4n) is 3.31. The van der Waals surface area contributed by atoms with Crippen molar-refractivity contribution < 1.29 is 4.74 Å². The normalized spacial score (nSPS) is 12.0. The minimum atomic E-state index is -0.0669. The van der Waals surface area contributed by atoms with Crippen molar-refractivity contribution in [2.75, 3.05) is 0 Å². The quantitative estimate of drug-likeness (QED) is 0.509. The molecule has 3 rings (SSSR count). The van der Waals surface area contributed by atoms with Crippen LogP contribution in [0.5, 0.6) is 11.8 Å². The van der Waals surface area contributed by atoms with E-state index in [0.29, 0.717) is 22.4 Å². The summed E-state index contributed by atoms with van der Waals surface area (Å²) in [6, 6.07) is 11.1. The third-order valence-electron chi connectivity index (χ3n) is 4.84. The zero-order chi connectivity index (χ0) is 21.0. The van der Waals surface area contributed by atoms with E-state index in [4.69, 9.17) is 16.3 Å². The molecule has 1 aromatic carbocycles. The Hall–Kier alpha value is -2.66. The summed E-state index contributed by atoms with van der Waals surface area (Å²) in [5.74, 6) is 1.05. The maximum Gasteiger partial charge on any atom is 0.322 e. The van der Waals surface area contributed by atoms with E-state index in [1.807, 2.05) is 25.1 Å². The van der Waals surface area contributed by atoms with Gasteiger partial charge in [0.15, 0.2) is 5.75 Å². The molecule has 5 nitrogen and oxygen atoms in total. The van der Waals surface area contributed by atoms with Crippen LogP contribution in [0.3, 0.4) is 0 Å². The third-order valence-corrected chi connectivity index (χ3v) is 5.13. The second kappa shape index (κ2) is 9.23. The summed E-state index contributed by atoms with van der Waals surface area (Å²) in [7, 11) is 1.72. The Bertz CT molecular complexity index is 1040. The van der Waals surface area contributed by atoms with Gasteiger partial charge in [-0.2, -0.15) is 9.97 Å². The molecule has 0 aliphatic heterocycles. The standard InChI is InChI=1S/C23H26ClN3O2/c1-5-7-15(2)12-18-13-20(17-10-11-21(28)27(4)14-17)26-23(25-18)29-22-16(3)8-6-9-19(22)24/h6,8-11,13-15H,5,7,12H2,1-4H3/t15-/m1/s1. The van der Waals surface area contributed by atoms with Gasteiger partial charge in [-0.05, 0) is 43.0 Å². The smallest absolute Gasteiger partial charge is 0.322 e. The van der Waals surface area contributed by atoms with Crippen molar-refractivity contribution in [1.29, 1.82) is 0 Å². The average Bonchev–Trinajstić information content (AvgIpc) is 2.67. The number of pyridine rings is 1. The number of para-hydroxylation sites is 1. The van der Waals surface area contributed by atoms with Gasteiger partial charge in [0.2, 0.25) is 5.56 Å². The predicted molar refractivity (Wildman–Crippen MR) is 117 cm³/mol. The van der Waals surface area contributed by atoms with Crippen LogP contribution in [0.2, 0.25) is 5.02 Å². The van der Waals surface area contributed by atoms with Crippen molar-refractivity contribution in [3.05, 3.63) is 69.2 Å². The second-order valence-corrected chi connectivity index (χ2v) is 7.89. The summed E-state index contributed by atoms with van der Waals surface area (Å²) in [4.78, 5) is 21.0. The van der Waals surface area contributed by atoms with Crippen molar-refractivity contribution in [3.8, 4) is 23.0 Å². The Morgan fingerprint density at radius 2 is 2.00 bits per heavy atom. The first-order valence-electron chi connectivity index (χ1n) is 9.85. The largest absolute Gasteiger partial charge is 0.422 e. The molecule has 0 unspecified atom stereocenters. The topological polar surface area (TPSA) is 57.0 Å². The molecule has 1 atom stereocenters. The Morgan fingerprint density at radius 3 is 2.69 bits per heavy atom. The minimum Gasteiger partial charge on any atom is -0.422 e. The Morgan fingerprint density at radius 1 is 1.21 bits per heavy atom. The van der Waals surface area contributed by atoms with Gasteiger partial charge in [0.25, 0.3) is 0 Å². The van der Waals surface area contributed by atoms with Gasteiger partial charge in [-0.1, -0.05) is 50.4 Å². The monoisotopic (exact) mass is 411 g/mol. The SMILES string of the molecule is CCC[C@@H](C)Cc1cc(-c2ccc(=O)n(C)c2)nc(Oc2c(C)cccc2Cl)n1. The van der Waals surface area contributed by atoms with Crippen LogP contribution in [0, 0.1) is 12.8 Å². The second-order valence-electron chi connectivity index (χ2n) is 7.48. The summed E-state index contributed by atoms with van der Waals surface area (Å²) < 4.78 is 7.55. The van der Waals surface area contributed by atoms with Crippen LogP contribution in [0.25, 0.3) is 11.3 Å². The molecule has 0 fully saturated rings. The highest BCUT2D eigenvalue weighted by Gasteiger charge is 2.14. The minimum absolute atomic E-state index is 0.0669. The molecule has 0 amide bonds. The van der Waals surface area contributed by atoms with E-state index in [-0.39, 0.29) is 11.6 Å².